The van der Waals surface area contributed by atoms with Gasteiger partial charge in [-0.15, -0.1) is 0 Å². The van der Waals surface area contributed by atoms with Crippen molar-refractivity contribution in [3.8, 4) is 0 Å². The number of fused-ring (bicyclic) bond motifs is 2. The Morgan fingerprint density at radius 1 is 1.25 bits per heavy atom. The van der Waals surface area contributed by atoms with E-state index < -0.39 is 23.2 Å². The molecule has 0 aromatic heterocycles. The fourth-order valence-corrected chi connectivity index (χ4v) is 6.02. The summed E-state index contributed by atoms with van der Waals surface area (Å²) in [7, 11) is 0. The summed E-state index contributed by atoms with van der Waals surface area (Å²) in [5.74, 6) is -1.33. The molecule has 32 heavy (non-hydrogen) atoms. The first-order chi connectivity index (χ1) is 15.0. The third-order valence-electron chi connectivity index (χ3n) is 6.75. The molecule has 0 bridgehead atoms. The maximum Gasteiger partial charge on any atom is 0.235 e. The maximum absolute atomic E-state index is 15.1. The Labute approximate surface area is 198 Å². The lowest BCUT2D eigenvalue weighted by molar-refractivity contribution is -0.123. The minimum Gasteiger partial charge on any atom is -0.368 e. The minimum absolute atomic E-state index is 0.0291. The van der Waals surface area contributed by atoms with Crippen molar-refractivity contribution in [1.82, 2.24) is 4.90 Å². The highest BCUT2D eigenvalue weighted by Crippen LogP contribution is 2.59. The van der Waals surface area contributed by atoms with Crippen molar-refractivity contribution >= 4 is 41.0 Å². The van der Waals surface area contributed by atoms with Crippen molar-refractivity contribution in [2.45, 2.75) is 57.5 Å². The van der Waals surface area contributed by atoms with Crippen molar-refractivity contribution < 1.29 is 9.18 Å². The van der Waals surface area contributed by atoms with Gasteiger partial charge in [-0.2, -0.15) is 0 Å². The van der Waals surface area contributed by atoms with Crippen LogP contribution in [0.4, 0.5) is 10.1 Å². The van der Waals surface area contributed by atoms with Crippen LogP contribution in [0.2, 0.25) is 10.0 Å². The number of halogens is 3. The number of carbonyl (C=O) groups is 1. The number of benzene rings is 2. The average molecular weight is 476 g/mol. The molecule has 1 saturated heterocycles. The molecule has 2 heterocycles. The third-order valence-corrected chi connectivity index (χ3v) is 7.28. The maximum atomic E-state index is 15.1. The topological polar surface area (TPSA) is 58.7 Å². The number of likely N-dealkylation sites (N-methyl/N-ethyl adjacent to an activating group) is 1. The standard InChI is InChI=1S/C25H28Cl2FN3O/c1-5-31-18(12-24(2,3)4)25(13-30-21-16(25)9-10-17(27)20(21)28)19(22(31)23(29)32)14-7-6-8-15(26)11-14/h6-11,13,18-19,22H,5,12H2,1-4H3,(H2,29,32)/t18-,19-,22+,25+/m0/s1. The van der Waals surface area contributed by atoms with Crippen molar-refractivity contribution in [3.05, 3.63) is 63.4 Å². The first-order valence-electron chi connectivity index (χ1n) is 10.9. The van der Waals surface area contributed by atoms with Gasteiger partial charge in [-0.1, -0.05) is 69.1 Å². The number of amides is 1. The van der Waals surface area contributed by atoms with Gasteiger partial charge >= 0.3 is 0 Å². The van der Waals surface area contributed by atoms with Crippen LogP contribution < -0.4 is 5.73 Å². The van der Waals surface area contributed by atoms with Gasteiger partial charge in [0.25, 0.3) is 0 Å². The molecule has 7 heteroatoms. The summed E-state index contributed by atoms with van der Waals surface area (Å²) in [4.78, 5) is 19.6. The number of aliphatic imine (C=N–C) groups is 1. The summed E-state index contributed by atoms with van der Waals surface area (Å²) in [5.41, 5.74) is 7.07. The SMILES string of the molecule is CCN1[C@@H](CC(C)(C)C)[C@]2(C=Nc3c2ccc(Cl)c3F)[C@@H](c2cccc(Cl)c2)[C@@H]1C(N)=O. The molecule has 2 aliphatic rings. The lowest BCUT2D eigenvalue weighted by Gasteiger charge is -2.40. The molecular weight excluding hydrogens is 448 g/mol. The molecule has 1 spiro atoms. The van der Waals surface area contributed by atoms with Crippen LogP contribution in [-0.4, -0.2) is 35.7 Å². The van der Waals surface area contributed by atoms with Crippen molar-refractivity contribution in [1.29, 1.82) is 0 Å². The van der Waals surface area contributed by atoms with Gasteiger partial charge < -0.3 is 5.73 Å². The Morgan fingerprint density at radius 2 is 1.97 bits per heavy atom. The first-order valence-corrected chi connectivity index (χ1v) is 11.6. The molecule has 2 aromatic carbocycles. The second-order valence-corrected chi connectivity index (χ2v) is 10.8. The molecule has 170 valence electrons. The molecule has 1 fully saturated rings. The quantitative estimate of drug-likeness (QED) is 0.601. The second kappa shape index (κ2) is 8.12. The van der Waals surface area contributed by atoms with Crippen LogP contribution in [-0.2, 0) is 10.2 Å². The number of primary amides is 1. The summed E-state index contributed by atoms with van der Waals surface area (Å²) in [5, 5.41) is 0.599. The monoisotopic (exact) mass is 475 g/mol. The fraction of sp³-hybridized carbons (Fsp3) is 0.440. The summed E-state index contributed by atoms with van der Waals surface area (Å²) >= 11 is 12.5. The molecule has 4 rings (SSSR count). The van der Waals surface area contributed by atoms with Gasteiger partial charge in [0.05, 0.1) is 16.5 Å². The van der Waals surface area contributed by atoms with E-state index in [4.69, 9.17) is 28.9 Å². The van der Waals surface area contributed by atoms with E-state index in [0.29, 0.717) is 11.6 Å². The van der Waals surface area contributed by atoms with Gasteiger partial charge in [0.15, 0.2) is 5.82 Å². The molecule has 4 nitrogen and oxygen atoms in total. The number of carbonyl (C=O) groups excluding carboxylic acids is 1. The van der Waals surface area contributed by atoms with E-state index in [1.165, 1.54) is 0 Å². The van der Waals surface area contributed by atoms with E-state index in [2.05, 4.69) is 30.7 Å². The molecule has 0 aliphatic carbocycles. The zero-order valence-corrected chi connectivity index (χ0v) is 20.2. The normalized spacial score (nSPS) is 27.3. The largest absolute Gasteiger partial charge is 0.368 e. The highest BCUT2D eigenvalue weighted by molar-refractivity contribution is 6.31. The van der Waals surface area contributed by atoms with Crippen molar-refractivity contribution in [2.75, 3.05) is 6.54 Å². The predicted octanol–water partition coefficient (Wildman–Crippen LogP) is 5.86. The van der Waals surface area contributed by atoms with Gasteiger partial charge in [-0.25, -0.2) is 4.39 Å². The number of nitrogens with zero attached hydrogens (tertiary/aromatic N) is 2. The molecule has 0 saturated carbocycles. The molecule has 4 atom stereocenters. The molecule has 2 aromatic rings. The number of nitrogens with two attached hydrogens (primary N) is 1. The molecule has 2 aliphatic heterocycles. The van der Waals surface area contributed by atoms with Crippen LogP contribution in [0.1, 0.15) is 51.2 Å². The van der Waals surface area contributed by atoms with Crippen LogP contribution in [0, 0.1) is 11.2 Å². The number of rotatable bonds is 4. The van der Waals surface area contributed by atoms with Gasteiger partial charge in [0.2, 0.25) is 5.91 Å². The molecule has 0 unspecified atom stereocenters. The second-order valence-electron chi connectivity index (χ2n) is 9.94. The lowest BCUT2D eigenvalue weighted by Crippen LogP contribution is -2.48. The Bertz CT molecular complexity index is 1100. The highest BCUT2D eigenvalue weighted by Gasteiger charge is 2.63. The van der Waals surface area contributed by atoms with E-state index in [1.807, 2.05) is 37.4 Å². The summed E-state index contributed by atoms with van der Waals surface area (Å²) in [6, 6.07) is 10.2. The van der Waals surface area contributed by atoms with E-state index in [-0.39, 0.29) is 28.1 Å². The van der Waals surface area contributed by atoms with Gasteiger partial charge in [0.1, 0.15) is 5.69 Å². The van der Waals surface area contributed by atoms with Crippen molar-refractivity contribution in [3.63, 3.8) is 0 Å². The Hall–Kier alpha value is -1.95. The smallest absolute Gasteiger partial charge is 0.235 e. The van der Waals surface area contributed by atoms with Crippen molar-refractivity contribution in [2.24, 2.45) is 16.1 Å². The first kappa shape index (κ1) is 23.2. The Morgan fingerprint density at radius 3 is 2.56 bits per heavy atom. The minimum atomic E-state index is -0.756. The zero-order chi connectivity index (χ0) is 23.4. The molecule has 1 amide bonds. The molecule has 0 radical (unpaired) electrons. The van der Waals surface area contributed by atoms with Gasteiger partial charge in [0, 0.05) is 23.2 Å². The number of likely N-dealkylation sites (tertiary alicyclic amines) is 1. The van der Waals surface area contributed by atoms with E-state index in [0.717, 1.165) is 17.5 Å². The average Bonchev–Trinajstić information content (AvgIpc) is 3.21. The van der Waals surface area contributed by atoms with Crippen LogP contribution in [0.3, 0.4) is 0 Å². The Balaban J connectivity index is 2.05. The molecule has 2 N–H and O–H groups in total. The van der Waals surface area contributed by atoms with Crippen LogP contribution >= 0.6 is 23.2 Å². The van der Waals surface area contributed by atoms with E-state index >= 15 is 4.39 Å². The van der Waals surface area contributed by atoms with Gasteiger partial charge in [-0.05, 0) is 47.7 Å². The summed E-state index contributed by atoms with van der Waals surface area (Å²) in [6.07, 6.45) is 2.59. The van der Waals surface area contributed by atoms with E-state index in [1.54, 1.807) is 12.1 Å². The number of hydrogen-bond acceptors (Lipinski definition) is 3. The van der Waals surface area contributed by atoms with E-state index in [9.17, 15) is 4.79 Å². The summed E-state index contributed by atoms with van der Waals surface area (Å²) in [6.45, 7) is 9.13. The summed E-state index contributed by atoms with van der Waals surface area (Å²) < 4.78 is 15.1. The number of hydrogen-bond donors (Lipinski definition) is 1. The van der Waals surface area contributed by atoms with Crippen LogP contribution in [0.25, 0.3) is 0 Å². The third kappa shape index (κ3) is 3.55. The molecular formula is C25H28Cl2FN3O. The van der Waals surface area contributed by atoms with Crippen LogP contribution in [0.15, 0.2) is 41.4 Å². The predicted molar refractivity (Wildman–Crippen MR) is 129 cm³/mol. The Kier molecular flexibility index (Phi) is 5.89. The fourth-order valence-electron chi connectivity index (χ4n) is 5.67. The lowest BCUT2D eigenvalue weighted by atomic mass is 9.63. The zero-order valence-electron chi connectivity index (χ0n) is 18.7. The highest BCUT2D eigenvalue weighted by atomic mass is 35.5. The van der Waals surface area contributed by atoms with Gasteiger partial charge in [-0.3, -0.25) is 14.7 Å². The van der Waals surface area contributed by atoms with Crippen LogP contribution in [0.5, 0.6) is 0 Å².